The summed E-state index contributed by atoms with van der Waals surface area (Å²) < 4.78 is 42.8. The summed E-state index contributed by atoms with van der Waals surface area (Å²) in [5.41, 5.74) is 2.52. The molecule has 2 atom stereocenters. The van der Waals surface area contributed by atoms with Crippen LogP contribution in [-0.4, -0.2) is 18.2 Å². The minimum absolute atomic E-state index is 0.00803. The van der Waals surface area contributed by atoms with E-state index in [1.54, 1.807) is 0 Å². The second kappa shape index (κ2) is 6.06. The van der Waals surface area contributed by atoms with Gasteiger partial charge < -0.3 is 4.74 Å². The number of carbonyl (C=O) groups is 1. The first kappa shape index (κ1) is 15.6. The predicted molar refractivity (Wildman–Crippen MR) is 77.9 cm³/mol. The van der Waals surface area contributed by atoms with Crippen LogP contribution in [0.3, 0.4) is 0 Å². The molecular formula is C16H15F3N2O2. The molecule has 0 aliphatic heterocycles. The first-order valence-corrected chi connectivity index (χ1v) is 7.25. The average Bonchev–Trinajstić information content (AvgIpc) is 2.86. The maximum atomic E-state index is 12.6. The lowest BCUT2D eigenvalue weighted by Crippen LogP contribution is -2.36. The van der Waals surface area contributed by atoms with Crippen LogP contribution in [0.25, 0.3) is 0 Å². The number of hydrazone groups is 1. The van der Waals surface area contributed by atoms with E-state index in [1.807, 2.05) is 0 Å². The number of hydrogen-bond acceptors (Lipinski definition) is 3. The third-order valence-electron chi connectivity index (χ3n) is 4.02. The number of rotatable bonds is 4. The van der Waals surface area contributed by atoms with Crippen molar-refractivity contribution in [3.63, 3.8) is 0 Å². The Morgan fingerprint density at radius 1 is 1.39 bits per heavy atom. The molecule has 1 N–H and O–H groups in total. The molecular weight excluding hydrogens is 309 g/mol. The Balaban J connectivity index is 1.49. The molecule has 1 aromatic rings. The molecule has 4 nitrogen and oxygen atoms in total. The number of benzene rings is 1. The lowest BCUT2D eigenvalue weighted by atomic mass is 9.74. The molecule has 1 amide bonds. The van der Waals surface area contributed by atoms with Gasteiger partial charge in [-0.1, -0.05) is 18.2 Å². The van der Waals surface area contributed by atoms with Crippen molar-refractivity contribution < 1.29 is 22.7 Å². The molecule has 2 unspecified atom stereocenters. The van der Waals surface area contributed by atoms with E-state index in [-0.39, 0.29) is 12.4 Å². The maximum Gasteiger partial charge on any atom is 0.416 e. The van der Waals surface area contributed by atoms with E-state index in [9.17, 15) is 18.0 Å². The minimum Gasteiger partial charge on any atom is -0.484 e. The van der Waals surface area contributed by atoms with E-state index in [0.717, 1.165) is 30.7 Å². The van der Waals surface area contributed by atoms with Gasteiger partial charge in [-0.2, -0.15) is 18.3 Å². The normalized spacial score (nSPS) is 24.2. The highest BCUT2D eigenvalue weighted by Gasteiger charge is 2.38. The van der Waals surface area contributed by atoms with Gasteiger partial charge in [-0.3, -0.25) is 4.79 Å². The van der Waals surface area contributed by atoms with Crippen LogP contribution in [-0.2, 0) is 11.0 Å². The number of carbonyl (C=O) groups excluding carboxylic acids is 1. The summed E-state index contributed by atoms with van der Waals surface area (Å²) >= 11 is 0. The number of nitrogens with zero attached hydrogens (tertiary/aromatic N) is 1. The van der Waals surface area contributed by atoms with Crippen LogP contribution in [0.5, 0.6) is 5.75 Å². The predicted octanol–water partition coefficient (Wildman–Crippen LogP) is 3.15. The summed E-state index contributed by atoms with van der Waals surface area (Å²) in [6.07, 6.45) is 1.61. The minimum atomic E-state index is -4.44. The second-order valence-electron chi connectivity index (χ2n) is 5.59. The van der Waals surface area contributed by atoms with Gasteiger partial charge in [0.2, 0.25) is 0 Å². The first-order valence-electron chi connectivity index (χ1n) is 7.25. The number of ether oxygens (including phenoxy) is 1. The second-order valence-corrected chi connectivity index (χ2v) is 5.59. The molecule has 0 aromatic heterocycles. The molecule has 3 rings (SSSR count). The lowest BCUT2D eigenvalue weighted by Gasteiger charge is -2.31. The summed E-state index contributed by atoms with van der Waals surface area (Å²) in [5, 5.41) is 4.06. The molecule has 0 heterocycles. The van der Waals surface area contributed by atoms with Crippen molar-refractivity contribution in [1.29, 1.82) is 0 Å². The fourth-order valence-corrected chi connectivity index (χ4v) is 2.74. The molecule has 2 aliphatic rings. The van der Waals surface area contributed by atoms with Crippen LogP contribution in [0.15, 0.2) is 41.5 Å². The Labute approximate surface area is 131 Å². The smallest absolute Gasteiger partial charge is 0.416 e. The number of allylic oxidation sites excluding steroid dienone is 2. The van der Waals surface area contributed by atoms with Crippen molar-refractivity contribution in [1.82, 2.24) is 5.43 Å². The topological polar surface area (TPSA) is 50.7 Å². The van der Waals surface area contributed by atoms with E-state index in [2.05, 4.69) is 22.7 Å². The van der Waals surface area contributed by atoms with Gasteiger partial charge in [0, 0.05) is 11.6 Å². The zero-order valence-electron chi connectivity index (χ0n) is 12.1. The first-order chi connectivity index (χ1) is 10.9. The van der Waals surface area contributed by atoms with Crippen molar-refractivity contribution in [3.05, 3.63) is 42.0 Å². The number of halogens is 3. The van der Waals surface area contributed by atoms with E-state index in [1.165, 1.54) is 12.1 Å². The SMILES string of the molecule is O=C(COc1cccc(C(F)(F)F)c1)N/N=C1\CC2C=CCC12. The van der Waals surface area contributed by atoms with Crippen molar-refractivity contribution in [2.75, 3.05) is 6.61 Å². The molecule has 1 saturated carbocycles. The molecule has 2 aliphatic carbocycles. The molecule has 1 fully saturated rings. The third kappa shape index (κ3) is 3.55. The molecule has 0 spiro atoms. The zero-order chi connectivity index (χ0) is 16.4. The van der Waals surface area contributed by atoms with Gasteiger partial charge >= 0.3 is 6.18 Å². The van der Waals surface area contributed by atoms with E-state index < -0.39 is 17.6 Å². The van der Waals surface area contributed by atoms with Crippen molar-refractivity contribution >= 4 is 11.6 Å². The van der Waals surface area contributed by atoms with E-state index in [0.29, 0.717) is 11.8 Å². The number of nitrogens with one attached hydrogen (secondary N) is 1. The highest BCUT2D eigenvalue weighted by molar-refractivity contribution is 5.94. The van der Waals surface area contributed by atoms with Gasteiger partial charge in [-0.05, 0) is 37.0 Å². The summed E-state index contributed by atoms with van der Waals surface area (Å²) in [6.45, 7) is -0.384. The average molecular weight is 324 g/mol. The van der Waals surface area contributed by atoms with E-state index >= 15 is 0 Å². The van der Waals surface area contributed by atoms with Gasteiger partial charge in [-0.25, -0.2) is 5.43 Å². The van der Waals surface area contributed by atoms with Gasteiger partial charge in [-0.15, -0.1) is 0 Å². The monoisotopic (exact) mass is 324 g/mol. The Kier molecular flexibility index (Phi) is 4.11. The molecule has 23 heavy (non-hydrogen) atoms. The summed E-state index contributed by atoms with van der Waals surface area (Å²) in [6, 6.07) is 4.41. The zero-order valence-corrected chi connectivity index (χ0v) is 12.1. The fraction of sp³-hybridized carbons (Fsp3) is 0.375. The number of amides is 1. The van der Waals surface area contributed by atoms with Gasteiger partial charge in [0.05, 0.1) is 5.56 Å². The quantitative estimate of drug-likeness (QED) is 0.683. The van der Waals surface area contributed by atoms with Crippen LogP contribution in [0.2, 0.25) is 0 Å². The third-order valence-corrected chi connectivity index (χ3v) is 4.02. The van der Waals surface area contributed by atoms with Crippen LogP contribution < -0.4 is 10.2 Å². The van der Waals surface area contributed by atoms with Crippen LogP contribution >= 0.6 is 0 Å². The van der Waals surface area contributed by atoms with Crippen molar-refractivity contribution in [3.8, 4) is 5.75 Å². The van der Waals surface area contributed by atoms with Gasteiger partial charge in [0.25, 0.3) is 5.91 Å². The standard InChI is InChI=1S/C16H15F3N2O2/c17-16(18,19)11-4-2-5-12(8-11)23-9-15(22)21-20-14-7-10-3-1-6-13(10)14/h1-5,8,10,13H,6-7,9H2,(H,21,22)/b20-14+. The Bertz CT molecular complexity index is 668. The Morgan fingerprint density at radius 3 is 2.96 bits per heavy atom. The molecule has 7 heteroatoms. The molecule has 0 radical (unpaired) electrons. The summed E-state index contributed by atoms with van der Waals surface area (Å²) in [7, 11) is 0. The van der Waals surface area contributed by atoms with Gasteiger partial charge in [0.1, 0.15) is 5.75 Å². The highest BCUT2D eigenvalue weighted by atomic mass is 19.4. The molecule has 0 bridgehead atoms. The number of hydrogen-bond donors (Lipinski definition) is 1. The fourth-order valence-electron chi connectivity index (χ4n) is 2.74. The molecule has 1 aromatic carbocycles. The van der Waals surface area contributed by atoms with Crippen LogP contribution in [0, 0.1) is 11.8 Å². The number of fused-ring (bicyclic) bond motifs is 1. The van der Waals surface area contributed by atoms with Crippen molar-refractivity contribution in [2.24, 2.45) is 16.9 Å². The highest BCUT2D eigenvalue weighted by Crippen LogP contribution is 2.40. The summed E-state index contributed by atoms with van der Waals surface area (Å²) in [5.74, 6) is 0.419. The molecule has 122 valence electrons. The van der Waals surface area contributed by atoms with Crippen molar-refractivity contribution in [2.45, 2.75) is 19.0 Å². The maximum absolute atomic E-state index is 12.6. The van der Waals surface area contributed by atoms with E-state index in [4.69, 9.17) is 4.74 Å². The van der Waals surface area contributed by atoms with Crippen LogP contribution in [0.4, 0.5) is 13.2 Å². The number of alkyl halides is 3. The van der Waals surface area contributed by atoms with Gasteiger partial charge in [0.15, 0.2) is 6.61 Å². The molecule has 0 saturated heterocycles. The van der Waals surface area contributed by atoms with Crippen LogP contribution in [0.1, 0.15) is 18.4 Å². The Morgan fingerprint density at radius 2 is 2.22 bits per heavy atom. The summed E-state index contributed by atoms with van der Waals surface area (Å²) in [4.78, 5) is 11.7. The Hall–Kier alpha value is -2.31. The lowest BCUT2D eigenvalue weighted by molar-refractivity contribution is -0.137. The largest absolute Gasteiger partial charge is 0.484 e.